The van der Waals surface area contributed by atoms with E-state index in [0.29, 0.717) is 0 Å². The standard InChI is InChI=1S/C6H8O7.3C2H4/c7-3(8)1-6(13,5(11)12)2-4(9)10;3*1-2/h13H,1-2H2,(H,7,8)(H,9,10)(H,11,12);3*1-2H2. The molecule has 0 aromatic rings. The molecule has 0 bridgehead atoms. The van der Waals surface area contributed by atoms with Crippen molar-refractivity contribution in [3.05, 3.63) is 39.5 Å². The molecule has 0 saturated heterocycles. The van der Waals surface area contributed by atoms with E-state index >= 15 is 0 Å². The Labute approximate surface area is 111 Å². The Balaban J connectivity index is -0.000000163. The quantitative estimate of drug-likeness (QED) is 0.554. The van der Waals surface area contributed by atoms with Crippen LogP contribution in [0.1, 0.15) is 12.8 Å². The van der Waals surface area contributed by atoms with Crippen LogP contribution in [0.3, 0.4) is 0 Å². The Bertz CT molecular complexity index is 265. The monoisotopic (exact) mass is 276 g/mol. The molecule has 0 rings (SSSR count). The highest BCUT2D eigenvalue weighted by Gasteiger charge is 2.40. The summed E-state index contributed by atoms with van der Waals surface area (Å²) in [6.07, 6.45) is -2.29. The van der Waals surface area contributed by atoms with Gasteiger partial charge in [-0.1, -0.05) is 0 Å². The minimum Gasteiger partial charge on any atom is -0.481 e. The number of aliphatic carboxylic acids is 3. The van der Waals surface area contributed by atoms with Crippen molar-refractivity contribution in [2.75, 3.05) is 0 Å². The third-order valence-corrected chi connectivity index (χ3v) is 1.29. The van der Waals surface area contributed by atoms with Crippen molar-refractivity contribution in [3.63, 3.8) is 0 Å². The topological polar surface area (TPSA) is 132 Å². The van der Waals surface area contributed by atoms with Crippen molar-refractivity contribution in [3.8, 4) is 0 Å². The predicted octanol–water partition coefficient (Wildman–Crippen LogP) is 1.16. The minimum absolute atomic E-state index is 1.14. The second-order valence-corrected chi connectivity index (χ2v) is 2.48. The predicted molar refractivity (Wildman–Crippen MR) is 70.9 cm³/mol. The van der Waals surface area contributed by atoms with E-state index in [2.05, 4.69) is 39.5 Å². The molecule has 110 valence electrons. The minimum atomic E-state index is -2.74. The molecular weight excluding hydrogens is 256 g/mol. The number of hydrogen-bond donors (Lipinski definition) is 4. The van der Waals surface area contributed by atoms with Crippen LogP contribution in [0.2, 0.25) is 0 Å². The largest absolute Gasteiger partial charge is 0.481 e. The van der Waals surface area contributed by atoms with Crippen molar-refractivity contribution >= 4 is 17.9 Å². The molecule has 0 aliphatic carbocycles. The molecule has 0 aromatic heterocycles. The van der Waals surface area contributed by atoms with Crippen LogP contribution in [-0.2, 0) is 14.4 Å². The number of rotatable bonds is 5. The third kappa shape index (κ3) is 15.6. The highest BCUT2D eigenvalue weighted by atomic mass is 16.4. The molecule has 0 fully saturated rings. The van der Waals surface area contributed by atoms with E-state index in [1.165, 1.54) is 0 Å². The first kappa shape index (κ1) is 25.4. The first-order valence-electron chi connectivity index (χ1n) is 4.67. The van der Waals surface area contributed by atoms with Crippen LogP contribution in [0.5, 0.6) is 0 Å². The molecule has 0 atom stereocenters. The molecule has 4 N–H and O–H groups in total. The summed E-state index contributed by atoms with van der Waals surface area (Å²) in [7, 11) is 0. The lowest BCUT2D eigenvalue weighted by Crippen LogP contribution is -2.42. The third-order valence-electron chi connectivity index (χ3n) is 1.29. The van der Waals surface area contributed by atoms with Gasteiger partial charge in [-0.2, -0.15) is 0 Å². The van der Waals surface area contributed by atoms with Crippen LogP contribution in [0.25, 0.3) is 0 Å². The van der Waals surface area contributed by atoms with Crippen LogP contribution in [-0.4, -0.2) is 43.9 Å². The van der Waals surface area contributed by atoms with E-state index in [0.717, 1.165) is 0 Å². The lowest BCUT2D eigenvalue weighted by Gasteiger charge is -2.18. The molecule has 0 heterocycles. The maximum absolute atomic E-state index is 10.3. The molecule has 0 aromatic carbocycles. The van der Waals surface area contributed by atoms with E-state index in [1.54, 1.807) is 0 Å². The lowest BCUT2D eigenvalue weighted by atomic mass is 9.96. The molecule has 0 radical (unpaired) electrons. The number of carboxylic acids is 3. The Hall–Kier alpha value is -2.41. The van der Waals surface area contributed by atoms with E-state index in [9.17, 15) is 14.4 Å². The molecule has 0 unspecified atom stereocenters. The summed E-state index contributed by atoms with van der Waals surface area (Å²) in [6.45, 7) is 18.0. The molecule has 0 aliphatic heterocycles. The molecule has 7 nitrogen and oxygen atoms in total. The van der Waals surface area contributed by atoms with E-state index < -0.39 is 36.4 Å². The summed E-state index contributed by atoms with van der Waals surface area (Å²) in [5.41, 5.74) is -2.74. The zero-order chi connectivity index (χ0) is 16.6. The van der Waals surface area contributed by atoms with Gasteiger partial charge in [0.25, 0.3) is 0 Å². The van der Waals surface area contributed by atoms with Gasteiger partial charge in [-0.25, -0.2) is 4.79 Å². The van der Waals surface area contributed by atoms with Gasteiger partial charge in [0.05, 0.1) is 12.8 Å². The van der Waals surface area contributed by atoms with Crippen LogP contribution < -0.4 is 0 Å². The van der Waals surface area contributed by atoms with Gasteiger partial charge in [-0.3, -0.25) is 9.59 Å². The zero-order valence-electron chi connectivity index (χ0n) is 10.7. The van der Waals surface area contributed by atoms with Gasteiger partial charge in [0.1, 0.15) is 0 Å². The normalized spacial score (nSPS) is 8.05. The fourth-order valence-corrected chi connectivity index (χ4v) is 0.714. The summed E-state index contributed by atoms with van der Waals surface area (Å²) >= 11 is 0. The Morgan fingerprint density at radius 3 is 1.05 bits per heavy atom. The zero-order valence-corrected chi connectivity index (χ0v) is 10.7. The van der Waals surface area contributed by atoms with Gasteiger partial charge in [0.15, 0.2) is 5.60 Å². The van der Waals surface area contributed by atoms with Gasteiger partial charge in [-0.05, 0) is 0 Å². The van der Waals surface area contributed by atoms with Crippen molar-refractivity contribution in [1.82, 2.24) is 0 Å². The second-order valence-electron chi connectivity index (χ2n) is 2.48. The highest BCUT2D eigenvalue weighted by molar-refractivity contribution is 5.88. The van der Waals surface area contributed by atoms with Crippen molar-refractivity contribution < 1.29 is 34.8 Å². The molecule has 0 aliphatic rings. The second kappa shape index (κ2) is 15.6. The number of hydrogen-bond acceptors (Lipinski definition) is 4. The highest BCUT2D eigenvalue weighted by Crippen LogP contribution is 2.15. The molecule has 0 saturated carbocycles. The van der Waals surface area contributed by atoms with Gasteiger partial charge < -0.3 is 20.4 Å². The fourth-order valence-electron chi connectivity index (χ4n) is 0.714. The smallest absolute Gasteiger partial charge is 0.336 e. The van der Waals surface area contributed by atoms with Gasteiger partial charge in [0, 0.05) is 0 Å². The van der Waals surface area contributed by atoms with Gasteiger partial charge in [0.2, 0.25) is 0 Å². The van der Waals surface area contributed by atoms with Gasteiger partial charge in [-0.15, -0.1) is 39.5 Å². The Morgan fingerprint density at radius 1 is 0.737 bits per heavy atom. The first-order valence-corrected chi connectivity index (χ1v) is 4.67. The van der Waals surface area contributed by atoms with E-state index in [-0.39, 0.29) is 0 Å². The lowest BCUT2D eigenvalue weighted by molar-refractivity contribution is -0.170. The maximum atomic E-state index is 10.3. The van der Waals surface area contributed by atoms with Gasteiger partial charge >= 0.3 is 17.9 Å². The number of aliphatic hydroxyl groups is 1. The summed E-state index contributed by atoms with van der Waals surface area (Å²) in [5, 5.41) is 33.8. The van der Waals surface area contributed by atoms with Crippen molar-refractivity contribution in [1.29, 1.82) is 0 Å². The maximum Gasteiger partial charge on any atom is 0.336 e. The van der Waals surface area contributed by atoms with Crippen LogP contribution in [0.4, 0.5) is 0 Å². The molecule has 7 heteroatoms. The first-order chi connectivity index (χ1) is 8.78. The summed E-state index contributed by atoms with van der Waals surface area (Å²) in [4.78, 5) is 30.5. The Kier molecular flexibility index (Phi) is 20.9. The van der Waals surface area contributed by atoms with E-state index in [4.69, 9.17) is 20.4 Å². The van der Waals surface area contributed by atoms with Crippen LogP contribution >= 0.6 is 0 Å². The number of carbonyl (C=O) groups is 3. The summed E-state index contributed by atoms with van der Waals surface area (Å²) in [6, 6.07) is 0. The van der Waals surface area contributed by atoms with Crippen LogP contribution in [0.15, 0.2) is 39.5 Å². The number of carboxylic acid groups (broad SMARTS) is 3. The summed E-state index contributed by atoms with van der Waals surface area (Å²) in [5.74, 6) is -5.02. The van der Waals surface area contributed by atoms with Crippen LogP contribution in [0, 0.1) is 0 Å². The SMILES string of the molecule is C=C.C=C.C=C.O=C(O)CC(O)(CC(=O)O)C(=O)O. The van der Waals surface area contributed by atoms with Crippen molar-refractivity contribution in [2.24, 2.45) is 0 Å². The summed E-state index contributed by atoms with van der Waals surface area (Å²) < 4.78 is 0. The molecular formula is C12H20O7. The molecule has 19 heavy (non-hydrogen) atoms. The average Bonchev–Trinajstić information content (AvgIpc) is 2.34. The molecule has 0 amide bonds. The molecule has 0 spiro atoms. The fraction of sp³-hybridized carbons (Fsp3) is 0.250. The average molecular weight is 276 g/mol. The Morgan fingerprint density at radius 2 is 0.947 bits per heavy atom. The van der Waals surface area contributed by atoms with E-state index in [1.807, 2.05) is 0 Å². The van der Waals surface area contributed by atoms with Crippen molar-refractivity contribution in [2.45, 2.75) is 18.4 Å².